The van der Waals surface area contributed by atoms with E-state index in [4.69, 9.17) is 4.74 Å². The monoisotopic (exact) mass is 280 g/mol. The number of hydrogen-bond donors (Lipinski definition) is 2. The summed E-state index contributed by atoms with van der Waals surface area (Å²) in [7, 11) is 0. The van der Waals surface area contributed by atoms with Crippen molar-refractivity contribution in [2.45, 2.75) is 30.8 Å². The van der Waals surface area contributed by atoms with E-state index < -0.39 is 0 Å². The van der Waals surface area contributed by atoms with Crippen molar-refractivity contribution < 1.29 is 9.53 Å². The van der Waals surface area contributed by atoms with Crippen molar-refractivity contribution in [2.75, 3.05) is 24.2 Å². The average molecular weight is 280 g/mol. The molecule has 0 spiro atoms. The molecule has 1 atom stereocenters. The molecule has 1 fully saturated rings. The van der Waals surface area contributed by atoms with Gasteiger partial charge in [-0.25, -0.2) is 4.79 Å². The van der Waals surface area contributed by atoms with Gasteiger partial charge in [0, 0.05) is 18.0 Å². The third-order valence-corrected chi connectivity index (χ3v) is 3.91. The van der Waals surface area contributed by atoms with Gasteiger partial charge in [0.05, 0.1) is 11.8 Å². The third-order valence-electron chi connectivity index (χ3n) is 2.95. The molecule has 2 N–H and O–H groups in total. The van der Waals surface area contributed by atoms with Crippen molar-refractivity contribution in [1.82, 2.24) is 5.32 Å². The highest BCUT2D eigenvalue weighted by atomic mass is 32.2. The third kappa shape index (κ3) is 4.44. The quantitative estimate of drug-likeness (QED) is 0.815. The van der Waals surface area contributed by atoms with Crippen molar-refractivity contribution in [3.05, 3.63) is 24.3 Å². The fourth-order valence-electron chi connectivity index (χ4n) is 2.03. The molecular formula is C14H20N2O2S. The van der Waals surface area contributed by atoms with E-state index in [0.717, 1.165) is 35.8 Å². The summed E-state index contributed by atoms with van der Waals surface area (Å²) in [5, 5.41) is 5.75. The zero-order valence-corrected chi connectivity index (χ0v) is 12.0. The molecule has 0 aliphatic carbocycles. The van der Waals surface area contributed by atoms with Gasteiger partial charge in [0.25, 0.3) is 0 Å². The number of hydrogen-bond acceptors (Lipinski definition) is 3. The van der Waals surface area contributed by atoms with Crippen LogP contribution in [0, 0.1) is 0 Å². The number of rotatable bonds is 5. The molecule has 1 aromatic rings. The second-order valence-electron chi connectivity index (χ2n) is 4.40. The largest absolute Gasteiger partial charge is 0.376 e. The lowest BCUT2D eigenvalue weighted by Crippen LogP contribution is -2.35. The molecule has 1 aliphatic rings. The highest BCUT2D eigenvalue weighted by Crippen LogP contribution is 2.26. The molecule has 0 bridgehead atoms. The maximum Gasteiger partial charge on any atom is 0.319 e. The van der Waals surface area contributed by atoms with Gasteiger partial charge >= 0.3 is 6.03 Å². The summed E-state index contributed by atoms with van der Waals surface area (Å²) >= 11 is 1.72. The van der Waals surface area contributed by atoms with Crippen LogP contribution in [0.2, 0.25) is 0 Å². The molecule has 1 aliphatic heterocycles. The topological polar surface area (TPSA) is 50.4 Å². The summed E-state index contributed by atoms with van der Waals surface area (Å²) in [6, 6.07) is 7.68. The van der Waals surface area contributed by atoms with E-state index in [2.05, 4.69) is 17.6 Å². The molecule has 1 aromatic carbocycles. The lowest BCUT2D eigenvalue weighted by molar-refractivity contribution is 0.112. The first-order valence-electron chi connectivity index (χ1n) is 6.68. The number of anilines is 1. The molecule has 1 heterocycles. The fourth-order valence-corrected chi connectivity index (χ4v) is 2.79. The summed E-state index contributed by atoms with van der Waals surface area (Å²) in [6.07, 6.45) is 2.29. The maximum absolute atomic E-state index is 11.8. The smallest absolute Gasteiger partial charge is 0.319 e. The number of thioether (sulfide) groups is 1. The van der Waals surface area contributed by atoms with Gasteiger partial charge in [0.2, 0.25) is 0 Å². The Morgan fingerprint density at radius 2 is 2.32 bits per heavy atom. The van der Waals surface area contributed by atoms with Gasteiger partial charge in [0.15, 0.2) is 0 Å². The lowest BCUT2D eigenvalue weighted by atomic mass is 10.2. The molecule has 5 heteroatoms. The summed E-state index contributed by atoms with van der Waals surface area (Å²) in [4.78, 5) is 12.9. The van der Waals surface area contributed by atoms with E-state index in [0.29, 0.717) is 6.54 Å². The lowest BCUT2D eigenvalue weighted by Gasteiger charge is -2.13. The molecule has 2 amide bonds. The van der Waals surface area contributed by atoms with Crippen LogP contribution < -0.4 is 10.6 Å². The van der Waals surface area contributed by atoms with E-state index in [1.54, 1.807) is 11.8 Å². The number of carbonyl (C=O) groups is 1. The minimum atomic E-state index is -0.167. The zero-order valence-electron chi connectivity index (χ0n) is 11.1. The van der Waals surface area contributed by atoms with Gasteiger partial charge in [0.1, 0.15) is 0 Å². The van der Waals surface area contributed by atoms with Crippen LogP contribution in [0.3, 0.4) is 0 Å². The number of carbonyl (C=O) groups excluding carboxylic acids is 1. The van der Waals surface area contributed by atoms with Gasteiger partial charge in [-0.15, -0.1) is 11.8 Å². The van der Waals surface area contributed by atoms with Crippen molar-refractivity contribution in [3.63, 3.8) is 0 Å². The van der Waals surface area contributed by atoms with Gasteiger partial charge in [-0.3, -0.25) is 0 Å². The standard InChI is InChI=1S/C14H20N2O2S/c1-2-19-13-8-4-3-7-12(13)16-14(17)15-10-11-6-5-9-18-11/h3-4,7-8,11H,2,5-6,9-10H2,1H3,(H2,15,16,17). The van der Waals surface area contributed by atoms with E-state index in [-0.39, 0.29) is 12.1 Å². The predicted octanol–water partition coefficient (Wildman–Crippen LogP) is 3.10. The van der Waals surface area contributed by atoms with Crippen LogP contribution in [-0.2, 0) is 4.74 Å². The predicted molar refractivity (Wildman–Crippen MR) is 78.8 cm³/mol. The molecule has 0 saturated carbocycles. The Balaban J connectivity index is 1.83. The first-order valence-corrected chi connectivity index (χ1v) is 7.66. The molecule has 104 valence electrons. The Bertz CT molecular complexity index is 420. The van der Waals surface area contributed by atoms with Crippen molar-refractivity contribution in [2.24, 2.45) is 0 Å². The fraction of sp³-hybridized carbons (Fsp3) is 0.500. The van der Waals surface area contributed by atoms with Crippen molar-refractivity contribution in [1.29, 1.82) is 0 Å². The number of para-hydroxylation sites is 1. The molecular weight excluding hydrogens is 260 g/mol. The second kappa shape index (κ2) is 7.40. The molecule has 19 heavy (non-hydrogen) atoms. The summed E-state index contributed by atoms with van der Waals surface area (Å²) in [6.45, 7) is 3.48. The normalized spacial score (nSPS) is 18.3. The summed E-state index contributed by atoms with van der Waals surface area (Å²) in [5.74, 6) is 0.982. The van der Waals surface area contributed by atoms with E-state index in [1.807, 2.05) is 24.3 Å². The number of amides is 2. The maximum atomic E-state index is 11.8. The van der Waals surface area contributed by atoms with Gasteiger partial charge in [-0.1, -0.05) is 19.1 Å². The van der Waals surface area contributed by atoms with Crippen LogP contribution in [-0.4, -0.2) is 31.0 Å². The van der Waals surface area contributed by atoms with Crippen molar-refractivity contribution >= 4 is 23.5 Å². The first-order chi connectivity index (χ1) is 9.29. The number of ether oxygens (including phenoxy) is 1. The Morgan fingerprint density at radius 1 is 1.47 bits per heavy atom. The zero-order chi connectivity index (χ0) is 13.5. The molecule has 2 rings (SSSR count). The number of nitrogens with one attached hydrogen (secondary N) is 2. The molecule has 0 radical (unpaired) electrons. The Labute approximate surface area is 118 Å². The summed E-state index contributed by atoms with van der Waals surface area (Å²) < 4.78 is 5.47. The molecule has 1 saturated heterocycles. The Kier molecular flexibility index (Phi) is 5.54. The minimum absolute atomic E-state index is 0.167. The van der Waals surface area contributed by atoms with Gasteiger partial charge in [-0.2, -0.15) is 0 Å². The van der Waals surface area contributed by atoms with Crippen molar-refractivity contribution in [3.8, 4) is 0 Å². The second-order valence-corrected chi connectivity index (χ2v) is 5.71. The highest BCUT2D eigenvalue weighted by molar-refractivity contribution is 7.99. The van der Waals surface area contributed by atoms with E-state index >= 15 is 0 Å². The van der Waals surface area contributed by atoms with Crippen LogP contribution in [0.1, 0.15) is 19.8 Å². The number of benzene rings is 1. The van der Waals surface area contributed by atoms with E-state index in [1.165, 1.54) is 0 Å². The van der Waals surface area contributed by atoms with Crippen LogP contribution in [0.4, 0.5) is 10.5 Å². The van der Waals surface area contributed by atoms with Crippen LogP contribution >= 0.6 is 11.8 Å². The average Bonchev–Trinajstić information content (AvgIpc) is 2.92. The molecule has 0 aromatic heterocycles. The Hall–Kier alpha value is -1.20. The van der Waals surface area contributed by atoms with Crippen LogP contribution in [0.15, 0.2) is 29.2 Å². The van der Waals surface area contributed by atoms with E-state index in [9.17, 15) is 4.79 Å². The van der Waals surface area contributed by atoms with Gasteiger partial charge < -0.3 is 15.4 Å². The SMILES string of the molecule is CCSc1ccccc1NC(=O)NCC1CCCO1. The first kappa shape index (κ1) is 14.2. The van der Waals surface area contributed by atoms with Crippen LogP contribution in [0.25, 0.3) is 0 Å². The summed E-state index contributed by atoms with van der Waals surface area (Å²) in [5.41, 5.74) is 0.860. The number of urea groups is 1. The van der Waals surface area contributed by atoms with Gasteiger partial charge in [-0.05, 0) is 30.7 Å². The van der Waals surface area contributed by atoms with Crippen LogP contribution in [0.5, 0.6) is 0 Å². The molecule has 4 nitrogen and oxygen atoms in total. The molecule has 1 unspecified atom stereocenters. The minimum Gasteiger partial charge on any atom is -0.376 e. The Morgan fingerprint density at radius 3 is 3.05 bits per heavy atom. The highest BCUT2D eigenvalue weighted by Gasteiger charge is 2.16.